The van der Waals surface area contributed by atoms with Gasteiger partial charge < -0.3 is 4.42 Å². The third-order valence-electron chi connectivity index (χ3n) is 3.89. The van der Waals surface area contributed by atoms with Crippen LogP contribution < -0.4 is 5.32 Å². The van der Waals surface area contributed by atoms with E-state index in [2.05, 4.69) is 14.7 Å². The summed E-state index contributed by atoms with van der Waals surface area (Å²) >= 11 is 6.69. The number of anilines is 1. The van der Waals surface area contributed by atoms with Crippen LogP contribution in [0.5, 0.6) is 0 Å². The van der Waals surface area contributed by atoms with Crippen molar-refractivity contribution in [2.75, 3.05) is 5.32 Å². The van der Waals surface area contributed by atoms with E-state index in [4.69, 9.17) is 16.0 Å². The molecular weight excluding hydrogens is 448 g/mol. The Morgan fingerprint density at radius 2 is 2.10 bits per heavy atom. The molecule has 0 spiro atoms. The lowest BCUT2D eigenvalue weighted by Crippen LogP contribution is -2.16. The van der Waals surface area contributed by atoms with Gasteiger partial charge in [0.05, 0.1) is 5.25 Å². The van der Waals surface area contributed by atoms with Crippen molar-refractivity contribution in [1.29, 1.82) is 5.26 Å². The molecule has 11 heteroatoms. The fourth-order valence-electron chi connectivity index (χ4n) is 2.27. The van der Waals surface area contributed by atoms with E-state index in [1.165, 1.54) is 19.9 Å². The highest BCUT2D eigenvalue weighted by atomic mass is 35.5. The number of carbonyl (C=O) groups excluding carboxylic acids is 1. The number of furan rings is 1. The van der Waals surface area contributed by atoms with Crippen molar-refractivity contribution < 1.29 is 17.6 Å². The average molecular weight is 463 g/mol. The van der Waals surface area contributed by atoms with Crippen molar-refractivity contribution in [1.82, 2.24) is 9.36 Å². The Bertz CT molecular complexity index is 1270. The number of sulfone groups is 1. The van der Waals surface area contributed by atoms with E-state index in [-0.39, 0.29) is 21.6 Å². The zero-order valence-electron chi connectivity index (χ0n) is 15.8. The Hall–Kier alpha value is -3.00. The standard InChI is InChI=1S/C19H15ClN4O4S2/c1-11(2)30(26,27)19-23-18(29-24-19)22-17(25)13(10-21)9-15-6-7-16(28-15)12-4-3-5-14(20)8-12/h3-9,11H,1-2H3,(H,22,23,24,25). The highest BCUT2D eigenvalue weighted by molar-refractivity contribution is 7.91. The van der Waals surface area contributed by atoms with Crippen LogP contribution in [0.15, 0.2) is 51.5 Å². The van der Waals surface area contributed by atoms with Crippen molar-refractivity contribution in [3.05, 3.63) is 52.8 Å². The van der Waals surface area contributed by atoms with Gasteiger partial charge >= 0.3 is 0 Å². The number of hydrogen-bond donors (Lipinski definition) is 1. The number of hydrogen-bond acceptors (Lipinski definition) is 8. The minimum Gasteiger partial charge on any atom is -0.457 e. The van der Waals surface area contributed by atoms with Gasteiger partial charge in [0.25, 0.3) is 11.1 Å². The maximum atomic E-state index is 12.4. The molecule has 0 aliphatic rings. The highest BCUT2D eigenvalue weighted by Crippen LogP contribution is 2.26. The minimum absolute atomic E-state index is 0.0283. The van der Waals surface area contributed by atoms with Gasteiger partial charge in [-0.15, -0.1) is 0 Å². The van der Waals surface area contributed by atoms with E-state index < -0.39 is 21.0 Å². The Kier molecular flexibility index (Phi) is 6.36. The molecule has 8 nitrogen and oxygen atoms in total. The van der Waals surface area contributed by atoms with Gasteiger partial charge in [0.2, 0.25) is 15.0 Å². The molecular formula is C19H15ClN4O4S2. The van der Waals surface area contributed by atoms with E-state index in [1.54, 1.807) is 36.4 Å². The quantitative estimate of drug-likeness (QED) is 0.430. The molecule has 2 heterocycles. The molecule has 0 aliphatic heterocycles. The first-order chi connectivity index (χ1) is 14.2. The van der Waals surface area contributed by atoms with Gasteiger partial charge in [-0.25, -0.2) is 8.42 Å². The summed E-state index contributed by atoms with van der Waals surface area (Å²) in [5.41, 5.74) is 0.503. The SMILES string of the molecule is CC(C)S(=O)(=O)c1nsc(NC(=O)C(C#N)=Cc2ccc(-c3cccc(Cl)c3)o2)n1. The molecule has 2 aromatic heterocycles. The predicted molar refractivity (Wildman–Crippen MR) is 114 cm³/mol. The number of amides is 1. The zero-order valence-corrected chi connectivity index (χ0v) is 18.2. The van der Waals surface area contributed by atoms with Crippen LogP contribution in [0.25, 0.3) is 17.4 Å². The van der Waals surface area contributed by atoms with Crippen molar-refractivity contribution in [2.24, 2.45) is 0 Å². The number of nitrogens with zero attached hydrogens (tertiary/aromatic N) is 3. The zero-order chi connectivity index (χ0) is 21.9. The molecule has 0 saturated carbocycles. The highest BCUT2D eigenvalue weighted by Gasteiger charge is 2.25. The molecule has 154 valence electrons. The second kappa shape index (κ2) is 8.79. The third kappa shape index (κ3) is 4.76. The molecule has 1 amide bonds. The first-order valence-corrected chi connectivity index (χ1v) is 11.3. The van der Waals surface area contributed by atoms with Crippen LogP contribution in [0, 0.1) is 11.3 Å². The van der Waals surface area contributed by atoms with Gasteiger partial charge in [0, 0.05) is 28.2 Å². The molecule has 0 radical (unpaired) electrons. The maximum Gasteiger partial charge on any atom is 0.268 e. The monoisotopic (exact) mass is 462 g/mol. The minimum atomic E-state index is -3.66. The largest absolute Gasteiger partial charge is 0.457 e. The van der Waals surface area contributed by atoms with E-state index in [9.17, 15) is 18.5 Å². The molecule has 0 unspecified atom stereocenters. The summed E-state index contributed by atoms with van der Waals surface area (Å²) in [6, 6.07) is 12.1. The fraction of sp³-hybridized carbons (Fsp3) is 0.158. The second-order valence-electron chi connectivity index (χ2n) is 6.31. The number of carbonyl (C=O) groups is 1. The van der Waals surface area contributed by atoms with Gasteiger partial charge in [-0.05, 0) is 38.1 Å². The Balaban J connectivity index is 1.78. The number of benzene rings is 1. The number of nitrogens with one attached hydrogen (secondary N) is 1. The lowest BCUT2D eigenvalue weighted by molar-refractivity contribution is -0.112. The molecule has 0 atom stereocenters. The van der Waals surface area contributed by atoms with Gasteiger partial charge in [-0.1, -0.05) is 23.7 Å². The van der Waals surface area contributed by atoms with Crippen LogP contribution in [-0.2, 0) is 14.6 Å². The first-order valence-electron chi connectivity index (χ1n) is 8.57. The van der Waals surface area contributed by atoms with Crippen LogP contribution in [0.1, 0.15) is 19.6 Å². The number of rotatable bonds is 6. The molecule has 3 rings (SSSR count). The van der Waals surface area contributed by atoms with Crippen LogP contribution in [0.4, 0.5) is 5.13 Å². The molecule has 3 aromatic rings. The molecule has 0 aliphatic carbocycles. The van der Waals surface area contributed by atoms with Crippen LogP contribution in [0.3, 0.4) is 0 Å². The third-order valence-corrected chi connectivity index (χ3v) is 6.80. The summed E-state index contributed by atoms with van der Waals surface area (Å²) in [5.74, 6) is 0.0500. The fourth-order valence-corrected chi connectivity index (χ4v) is 4.16. The van der Waals surface area contributed by atoms with E-state index in [0.29, 0.717) is 22.3 Å². The van der Waals surface area contributed by atoms with Gasteiger partial charge in [-0.2, -0.15) is 14.6 Å². The van der Waals surface area contributed by atoms with Gasteiger partial charge in [-0.3, -0.25) is 10.1 Å². The predicted octanol–water partition coefficient (Wildman–Crippen LogP) is 4.18. The van der Waals surface area contributed by atoms with E-state index in [0.717, 1.165) is 5.56 Å². The summed E-state index contributed by atoms with van der Waals surface area (Å²) in [4.78, 5) is 16.2. The summed E-state index contributed by atoms with van der Waals surface area (Å²) in [6.07, 6.45) is 1.27. The number of nitriles is 1. The molecule has 1 aromatic carbocycles. The smallest absolute Gasteiger partial charge is 0.268 e. The molecule has 0 bridgehead atoms. The normalized spacial score (nSPS) is 12.0. The molecule has 0 fully saturated rings. The Morgan fingerprint density at radius 1 is 1.33 bits per heavy atom. The summed E-state index contributed by atoms with van der Waals surface area (Å²) < 4.78 is 33.6. The number of halogens is 1. The summed E-state index contributed by atoms with van der Waals surface area (Å²) in [5, 5.41) is 11.2. The summed E-state index contributed by atoms with van der Waals surface area (Å²) in [6.45, 7) is 3.01. The number of aromatic nitrogens is 2. The topological polar surface area (TPSA) is 126 Å². The van der Waals surface area contributed by atoms with Crippen LogP contribution in [-0.4, -0.2) is 28.9 Å². The maximum absolute atomic E-state index is 12.4. The molecule has 30 heavy (non-hydrogen) atoms. The van der Waals surface area contributed by atoms with Gasteiger partial charge in [0.1, 0.15) is 23.2 Å². The van der Waals surface area contributed by atoms with Crippen molar-refractivity contribution in [2.45, 2.75) is 24.3 Å². The second-order valence-corrected chi connectivity index (χ2v) is 9.90. The van der Waals surface area contributed by atoms with Crippen molar-refractivity contribution >= 4 is 50.1 Å². The van der Waals surface area contributed by atoms with E-state index >= 15 is 0 Å². The van der Waals surface area contributed by atoms with Crippen molar-refractivity contribution in [3.8, 4) is 17.4 Å². The molecule has 0 saturated heterocycles. The molecule has 1 N–H and O–H groups in total. The van der Waals surface area contributed by atoms with Gasteiger partial charge in [0.15, 0.2) is 0 Å². The lowest BCUT2D eigenvalue weighted by atomic mass is 10.2. The van der Waals surface area contributed by atoms with Crippen molar-refractivity contribution in [3.63, 3.8) is 0 Å². The van der Waals surface area contributed by atoms with Crippen LogP contribution >= 0.6 is 23.1 Å². The first kappa shape index (κ1) is 21.7. The summed E-state index contributed by atoms with van der Waals surface area (Å²) in [7, 11) is -3.66. The lowest BCUT2D eigenvalue weighted by Gasteiger charge is -2.02. The average Bonchev–Trinajstić information content (AvgIpc) is 3.35. The Labute approximate surface area is 181 Å². The Morgan fingerprint density at radius 3 is 2.77 bits per heavy atom. The van der Waals surface area contributed by atoms with Crippen LogP contribution in [0.2, 0.25) is 5.02 Å². The van der Waals surface area contributed by atoms with E-state index in [1.807, 2.05) is 6.07 Å².